The van der Waals surface area contributed by atoms with E-state index in [1.165, 1.54) is 35.1 Å². The lowest BCUT2D eigenvalue weighted by Gasteiger charge is -2.25. The van der Waals surface area contributed by atoms with Crippen LogP contribution in [0.25, 0.3) is 4.85 Å². The van der Waals surface area contributed by atoms with Gasteiger partial charge in [-0.1, -0.05) is 41.2 Å². The molecule has 5 rings (SSSR count). The van der Waals surface area contributed by atoms with E-state index in [1.54, 1.807) is 24.3 Å². The first-order chi connectivity index (χ1) is 19.5. The Kier molecular flexibility index (Phi) is 8.39. The van der Waals surface area contributed by atoms with Gasteiger partial charge in [0.1, 0.15) is 16.1 Å². The Morgan fingerprint density at radius 1 is 0.900 bits per heavy atom. The molecule has 0 saturated heterocycles. The molecule has 0 spiro atoms. The van der Waals surface area contributed by atoms with Crippen molar-refractivity contribution in [2.24, 2.45) is 0 Å². The minimum Gasteiger partial charge on any atom is -0.300 e. The quantitative estimate of drug-likeness (QED) is 0.292. The van der Waals surface area contributed by atoms with Crippen molar-refractivity contribution in [2.45, 2.75) is 50.4 Å². The average molecular weight is 571 g/mol. The minimum absolute atomic E-state index is 0.0764. The van der Waals surface area contributed by atoms with Gasteiger partial charge in [0, 0.05) is 35.6 Å². The van der Waals surface area contributed by atoms with Crippen molar-refractivity contribution in [3.63, 3.8) is 0 Å². The molecule has 0 unspecified atom stereocenters. The molecule has 1 fully saturated rings. The first kappa shape index (κ1) is 26.9. The molecular weight excluding hydrogens is 548 g/mol. The van der Waals surface area contributed by atoms with Crippen LogP contribution in [0, 0.1) is 17.9 Å². The molecule has 200 valence electrons. The summed E-state index contributed by atoms with van der Waals surface area (Å²) in [5, 5.41) is 34.1. The number of nitrogens with zero attached hydrogens (tertiary/aromatic N) is 8. The van der Waals surface area contributed by atoms with Crippen molar-refractivity contribution in [3.05, 3.63) is 75.0 Å². The second-order valence-corrected chi connectivity index (χ2v) is 11.2. The molecule has 0 aromatic carbocycles. The third-order valence-corrected chi connectivity index (χ3v) is 8.32. The third-order valence-electron chi connectivity index (χ3n) is 6.32. The number of amides is 2. The highest BCUT2D eigenvalue weighted by Crippen LogP contribution is 2.43. The van der Waals surface area contributed by atoms with Crippen LogP contribution in [0.5, 0.6) is 0 Å². The predicted octanol–water partition coefficient (Wildman–Crippen LogP) is 4.41. The monoisotopic (exact) mass is 570 g/mol. The number of pyridine rings is 2. The lowest BCUT2D eigenvalue weighted by atomic mass is 9.82. The van der Waals surface area contributed by atoms with Crippen molar-refractivity contribution in [1.29, 1.82) is 5.26 Å². The molecule has 40 heavy (non-hydrogen) atoms. The van der Waals surface area contributed by atoms with Gasteiger partial charge in [0.2, 0.25) is 27.8 Å². The van der Waals surface area contributed by atoms with Gasteiger partial charge in [0.25, 0.3) is 0 Å². The predicted molar refractivity (Wildman–Crippen MR) is 148 cm³/mol. The van der Waals surface area contributed by atoms with Crippen molar-refractivity contribution < 1.29 is 9.59 Å². The SMILES string of the molecule is [C-]#[N+]c1ccc(CC(=O)Nc2nnc([C@H]3CCC[C@H](c4nnc(NC(=O)Cc5ccc(C#N)cn5)s4)C3)s2)nc1. The van der Waals surface area contributed by atoms with Gasteiger partial charge in [-0.25, -0.2) is 4.85 Å². The van der Waals surface area contributed by atoms with Gasteiger partial charge in [0.05, 0.1) is 25.0 Å². The summed E-state index contributed by atoms with van der Waals surface area (Å²) in [4.78, 5) is 36.4. The molecule has 1 saturated carbocycles. The highest BCUT2D eigenvalue weighted by molar-refractivity contribution is 7.15. The minimum atomic E-state index is -0.249. The van der Waals surface area contributed by atoms with E-state index in [4.69, 9.17) is 11.8 Å². The van der Waals surface area contributed by atoms with Crippen LogP contribution in [0.4, 0.5) is 16.0 Å². The van der Waals surface area contributed by atoms with Gasteiger partial charge in [-0.2, -0.15) is 5.26 Å². The van der Waals surface area contributed by atoms with Crippen LogP contribution in [0.1, 0.15) is 64.5 Å². The number of nitrogens with one attached hydrogen (secondary N) is 2. The van der Waals surface area contributed by atoms with Crippen molar-refractivity contribution in [2.75, 3.05) is 10.6 Å². The van der Waals surface area contributed by atoms with Gasteiger partial charge in [-0.15, -0.1) is 20.4 Å². The second kappa shape index (κ2) is 12.5. The number of aromatic nitrogens is 6. The molecule has 4 aromatic heterocycles. The zero-order valence-electron chi connectivity index (χ0n) is 21.1. The molecule has 1 aliphatic rings. The second-order valence-electron chi connectivity index (χ2n) is 9.17. The van der Waals surface area contributed by atoms with E-state index in [2.05, 4.69) is 45.8 Å². The summed E-state index contributed by atoms with van der Waals surface area (Å²) >= 11 is 2.74. The van der Waals surface area contributed by atoms with E-state index in [0.29, 0.717) is 32.9 Å². The summed E-state index contributed by atoms with van der Waals surface area (Å²) in [5.74, 6) is -0.116. The largest absolute Gasteiger partial charge is 0.300 e. The Hall–Kier alpha value is -4.66. The maximum Gasteiger partial charge on any atom is 0.232 e. The number of carbonyl (C=O) groups excluding carboxylic acids is 2. The molecular formula is C26H22N10O2S2. The maximum atomic E-state index is 12.4. The van der Waals surface area contributed by atoms with Gasteiger partial charge in [-0.3, -0.25) is 19.6 Å². The van der Waals surface area contributed by atoms with Crippen molar-refractivity contribution >= 4 is 50.4 Å². The average Bonchev–Trinajstić information content (AvgIpc) is 3.64. The normalized spacial score (nSPS) is 16.4. The van der Waals surface area contributed by atoms with Gasteiger partial charge in [0.15, 0.2) is 0 Å². The van der Waals surface area contributed by atoms with Crippen LogP contribution in [0.15, 0.2) is 36.7 Å². The molecule has 2 N–H and O–H groups in total. The fourth-order valence-electron chi connectivity index (χ4n) is 4.38. The lowest BCUT2D eigenvalue weighted by Crippen LogP contribution is -2.15. The molecule has 2 amide bonds. The summed E-state index contributed by atoms with van der Waals surface area (Å²) in [6.45, 7) is 6.98. The number of carbonyl (C=O) groups is 2. The molecule has 2 atom stereocenters. The highest BCUT2D eigenvalue weighted by Gasteiger charge is 2.29. The molecule has 0 bridgehead atoms. The zero-order valence-corrected chi connectivity index (χ0v) is 22.7. The first-order valence-electron chi connectivity index (χ1n) is 12.4. The third kappa shape index (κ3) is 6.85. The molecule has 4 aromatic rings. The summed E-state index contributed by atoms with van der Waals surface area (Å²) in [5.41, 5.74) is 2.01. The fraction of sp³-hybridized carbons (Fsp3) is 0.308. The van der Waals surface area contributed by atoms with Crippen LogP contribution in [0.2, 0.25) is 0 Å². The van der Waals surface area contributed by atoms with E-state index in [0.717, 1.165) is 35.7 Å². The van der Waals surface area contributed by atoms with E-state index in [1.807, 2.05) is 6.07 Å². The van der Waals surface area contributed by atoms with E-state index in [-0.39, 0.29) is 36.5 Å². The van der Waals surface area contributed by atoms with Crippen molar-refractivity contribution in [1.82, 2.24) is 30.4 Å². The first-order valence-corrected chi connectivity index (χ1v) is 14.1. The summed E-state index contributed by atoms with van der Waals surface area (Å²) in [6, 6.07) is 8.58. The van der Waals surface area contributed by atoms with Gasteiger partial charge >= 0.3 is 0 Å². The standard InChI is InChI=1S/C26H22N10O2S2/c1-28-20-8-7-19(30-14-20)11-22(38)32-26-36-34-24(40-26)17-4-2-3-16(9-17)23-33-35-25(39-23)31-21(37)10-18-6-5-15(12-27)13-29-18/h5-8,13-14,16-17H,2-4,9-11H2,(H,31,35,37)(H,32,36,38)/t16-,17-/m0/s1. The molecule has 4 heterocycles. The lowest BCUT2D eigenvalue weighted by molar-refractivity contribution is -0.116. The van der Waals surface area contributed by atoms with Crippen LogP contribution in [-0.2, 0) is 22.4 Å². The number of rotatable bonds is 8. The Balaban J connectivity index is 1.14. The van der Waals surface area contributed by atoms with Gasteiger partial charge in [-0.05, 0) is 31.4 Å². The number of anilines is 2. The Bertz CT molecular complexity index is 1470. The summed E-state index contributed by atoms with van der Waals surface area (Å²) in [6.07, 6.45) is 6.81. The molecule has 0 aliphatic heterocycles. The molecule has 12 nitrogen and oxygen atoms in total. The van der Waals surface area contributed by atoms with Crippen LogP contribution >= 0.6 is 22.7 Å². The number of nitriles is 1. The maximum absolute atomic E-state index is 12.4. The Labute approximate surface area is 237 Å². The summed E-state index contributed by atoms with van der Waals surface area (Å²) in [7, 11) is 0. The smallest absolute Gasteiger partial charge is 0.232 e. The van der Waals surface area contributed by atoms with Crippen LogP contribution in [0.3, 0.4) is 0 Å². The number of hydrogen-bond acceptors (Lipinski definition) is 11. The zero-order chi connectivity index (χ0) is 27.9. The van der Waals surface area contributed by atoms with Gasteiger partial charge < -0.3 is 10.6 Å². The number of hydrogen-bond donors (Lipinski definition) is 2. The molecule has 14 heteroatoms. The molecule has 0 radical (unpaired) electrons. The van der Waals surface area contributed by atoms with Crippen molar-refractivity contribution in [3.8, 4) is 6.07 Å². The summed E-state index contributed by atoms with van der Waals surface area (Å²) < 4.78 is 0. The topological polar surface area (TPSA) is 164 Å². The fourth-order valence-corrected chi connectivity index (χ4v) is 6.19. The Morgan fingerprint density at radius 2 is 1.48 bits per heavy atom. The van der Waals surface area contributed by atoms with Crippen LogP contribution < -0.4 is 10.6 Å². The van der Waals surface area contributed by atoms with E-state index >= 15 is 0 Å². The molecule has 1 aliphatic carbocycles. The highest BCUT2D eigenvalue weighted by atomic mass is 32.1. The van der Waals surface area contributed by atoms with E-state index < -0.39 is 0 Å². The Morgan fingerprint density at radius 3 is 1.95 bits per heavy atom. The van der Waals surface area contributed by atoms with Crippen LogP contribution in [-0.4, -0.2) is 42.2 Å². The van der Waals surface area contributed by atoms with E-state index in [9.17, 15) is 9.59 Å².